The Bertz CT molecular complexity index is 1010. The van der Waals surface area contributed by atoms with Crippen molar-refractivity contribution in [3.8, 4) is 0 Å². The lowest BCUT2D eigenvalue weighted by Crippen LogP contribution is -2.33. The molecule has 2 aliphatic rings. The van der Waals surface area contributed by atoms with Gasteiger partial charge >= 0.3 is 0 Å². The third kappa shape index (κ3) is 5.49. The molecule has 1 atom stereocenters. The molecule has 1 saturated heterocycles. The maximum absolute atomic E-state index is 12.5. The van der Waals surface area contributed by atoms with Gasteiger partial charge in [-0.05, 0) is 49.6 Å². The van der Waals surface area contributed by atoms with Crippen LogP contribution in [0.1, 0.15) is 36.0 Å². The Morgan fingerprint density at radius 1 is 1.03 bits per heavy atom. The van der Waals surface area contributed by atoms with E-state index in [2.05, 4.69) is 25.5 Å². The zero-order chi connectivity index (χ0) is 21.6. The van der Waals surface area contributed by atoms with Gasteiger partial charge in [-0.15, -0.1) is 0 Å². The van der Waals surface area contributed by atoms with Crippen molar-refractivity contribution in [2.24, 2.45) is 4.99 Å². The average Bonchev–Trinajstić information content (AvgIpc) is 3.15. The highest BCUT2D eigenvalue weighted by atomic mass is 32.2. The number of nitrogens with one attached hydrogen (secondary N) is 2. The molecule has 3 amide bonds. The van der Waals surface area contributed by atoms with Crippen molar-refractivity contribution < 1.29 is 14.4 Å². The number of aliphatic imine (C=N–C) groups is 1. The molecule has 3 heterocycles. The van der Waals surface area contributed by atoms with Gasteiger partial charge in [-0.25, -0.2) is 0 Å². The number of thioether (sulfide) groups is 1. The monoisotopic (exact) mass is 437 g/mol. The largest absolute Gasteiger partial charge is 0.351 e. The summed E-state index contributed by atoms with van der Waals surface area (Å²) in [6.45, 7) is 1.82. The van der Waals surface area contributed by atoms with Gasteiger partial charge in [0.2, 0.25) is 5.91 Å². The predicted octanol–water partition coefficient (Wildman–Crippen LogP) is 3.15. The van der Waals surface area contributed by atoms with Gasteiger partial charge in [0, 0.05) is 48.8 Å². The van der Waals surface area contributed by atoms with Gasteiger partial charge in [0.05, 0.1) is 0 Å². The van der Waals surface area contributed by atoms with E-state index in [4.69, 9.17) is 0 Å². The summed E-state index contributed by atoms with van der Waals surface area (Å²) in [7, 11) is 0. The van der Waals surface area contributed by atoms with Crippen molar-refractivity contribution in [1.82, 2.24) is 9.88 Å². The lowest BCUT2D eigenvalue weighted by molar-refractivity contribution is -0.121. The molecular weight excluding hydrogens is 414 g/mol. The summed E-state index contributed by atoms with van der Waals surface area (Å²) in [6.07, 6.45) is 6.63. The molecule has 0 bridgehead atoms. The number of piperidine rings is 1. The van der Waals surface area contributed by atoms with Crippen molar-refractivity contribution in [3.63, 3.8) is 0 Å². The third-order valence-corrected chi connectivity index (χ3v) is 6.29. The number of pyridine rings is 1. The quantitative estimate of drug-likeness (QED) is 0.745. The van der Waals surface area contributed by atoms with E-state index in [0.29, 0.717) is 16.9 Å². The maximum Gasteiger partial charge on any atom is 0.262 e. The molecule has 160 valence electrons. The van der Waals surface area contributed by atoms with Crippen LogP contribution < -0.4 is 10.6 Å². The van der Waals surface area contributed by atoms with Crippen LogP contribution in [0.5, 0.6) is 0 Å². The highest BCUT2D eigenvalue weighted by Crippen LogP contribution is 2.29. The van der Waals surface area contributed by atoms with Crippen LogP contribution in [0.2, 0.25) is 0 Å². The van der Waals surface area contributed by atoms with Crippen LogP contribution >= 0.6 is 11.8 Å². The number of anilines is 2. The molecule has 0 unspecified atom stereocenters. The van der Waals surface area contributed by atoms with Crippen molar-refractivity contribution in [3.05, 3.63) is 54.4 Å². The molecule has 0 spiro atoms. The van der Waals surface area contributed by atoms with E-state index in [1.807, 2.05) is 0 Å². The molecule has 2 N–H and O–H groups in total. The minimum absolute atomic E-state index is 0.0395. The number of rotatable bonds is 5. The number of hydrogen-bond donors (Lipinski definition) is 2. The molecule has 2 aliphatic heterocycles. The topological polar surface area (TPSA) is 104 Å². The zero-order valence-corrected chi connectivity index (χ0v) is 17.7. The molecule has 0 radical (unpaired) electrons. The maximum atomic E-state index is 12.5. The number of benzene rings is 1. The first-order valence-corrected chi connectivity index (χ1v) is 11.1. The molecule has 4 rings (SSSR count). The summed E-state index contributed by atoms with van der Waals surface area (Å²) < 4.78 is 0. The Hall–Kier alpha value is -3.20. The van der Waals surface area contributed by atoms with Crippen molar-refractivity contribution >= 4 is 46.0 Å². The molecule has 0 saturated carbocycles. The third-order valence-electron chi connectivity index (χ3n) is 5.07. The average molecular weight is 438 g/mol. The first-order valence-electron chi connectivity index (χ1n) is 10.2. The highest BCUT2D eigenvalue weighted by molar-refractivity contribution is 8.15. The summed E-state index contributed by atoms with van der Waals surface area (Å²) >= 11 is 1.37. The number of hydrogen-bond acceptors (Lipinski definition) is 6. The van der Waals surface area contributed by atoms with Crippen molar-refractivity contribution in [2.45, 2.75) is 30.9 Å². The first-order chi connectivity index (χ1) is 15.1. The minimum Gasteiger partial charge on any atom is -0.351 e. The molecule has 9 heteroatoms. The van der Waals surface area contributed by atoms with Gasteiger partial charge in [-0.2, -0.15) is 4.99 Å². The minimum atomic E-state index is -0.505. The Labute approximate surface area is 184 Å². The first kappa shape index (κ1) is 21.0. The molecule has 31 heavy (non-hydrogen) atoms. The summed E-state index contributed by atoms with van der Waals surface area (Å²) in [5.41, 5.74) is 1.55. The van der Waals surface area contributed by atoms with Gasteiger partial charge in [-0.3, -0.25) is 19.4 Å². The molecule has 1 fully saturated rings. The van der Waals surface area contributed by atoms with Crippen LogP contribution in [0.4, 0.5) is 11.4 Å². The van der Waals surface area contributed by atoms with Crippen LogP contribution in [0.25, 0.3) is 0 Å². The lowest BCUT2D eigenvalue weighted by Gasteiger charge is -2.27. The summed E-state index contributed by atoms with van der Waals surface area (Å²) in [5.74, 6) is -0.831. The van der Waals surface area contributed by atoms with Crippen LogP contribution in [0, 0.1) is 0 Å². The van der Waals surface area contributed by atoms with E-state index >= 15 is 0 Å². The second-order valence-corrected chi connectivity index (χ2v) is 8.58. The zero-order valence-electron chi connectivity index (χ0n) is 16.9. The number of amides is 3. The van der Waals surface area contributed by atoms with Crippen LogP contribution in [-0.2, 0) is 9.59 Å². The predicted molar refractivity (Wildman–Crippen MR) is 121 cm³/mol. The van der Waals surface area contributed by atoms with E-state index in [1.165, 1.54) is 18.2 Å². The van der Waals surface area contributed by atoms with E-state index in [9.17, 15) is 14.4 Å². The number of likely N-dealkylation sites (tertiary alicyclic amines) is 1. The number of aromatic nitrogens is 1. The Balaban J connectivity index is 1.32. The number of carbonyl (C=O) groups is 3. The van der Waals surface area contributed by atoms with E-state index in [1.54, 1.807) is 48.8 Å². The van der Waals surface area contributed by atoms with Gasteiger partial charge in [-0.1, -0.05) is 17.8 Å². The van der Waals surface area contributed by atoms with Gasteiger partial charge in [0.25, 0.3) is 11.8 Å². The fourth-order valence-corrected chi connectivity index (χ4v) is 4.60. The number of nitrogens with zero attached hydrogens (tertiary/aromatic N) is 3. The van der Waals surface area contributed by atoms with Crippen LogP contribution in [0.3, 0.4) is 0 Å². The van der Waals surface area contributed by atoms with Gasteiger partial charge < -0.3 is 15.5 Å². The molecular formula is C22H23N5O3S. The summed E-state index contributed by atoms with van der Waals surface area (Å²) in [6, 6.07) is 10.1. The second-order valence-electron chi connectivity index (χ2n) is 7.41. The van der Waals surface area contributed by atoms with Gasteiger partial charge in [0.15, 0.2) is 5.17 Å². The molecule has 1 aromatic heterocycles. The Morgan fingerprint density at radius 2 is 1.81 bits per heavy atom. The molecule has 1 aromatic carbocycles. The molecule has 0 aliphatic carbocycles. The van der Waals surface area contributed by atoms with Crippen LogP contribution in [-0.4, -0.2) is 51.1 Å². The van der Waals surface area contributed by atoms with E-state index in [-0.39, 0.29) is 24.1 Å². The van der Waals surface area contributed by atoms with E-state index in [0.717, 1.165) is 31.1 Å². The number of amidine groups is 1. The lowest BCUT2D eigenvalue weighted by atomic mass is 10.1. The smallest absolute Gasteiger partial charge is 0.262 e. The highest BCUT2D eigenvalue weighted by Gasteiger charge is 2.33. The van der Waals surface area contributed by atoms with Crippen molar-refractivity contribution in [1.29, 1.82) is 0 Å². The van der Waals surface area contributed by atoms with Gasteiger partial charge in [0.1, 0.15) is 5.25 Å². The Kier molecular flexibility index (Phi) is 6.61. The Morgan fingerprint density at radius 3 is 2.58 bits per heavy atom. The number of carbonyl (C=O) groups excluding carboxylic acids is 3. The fraction of sp³-hybridized carbons (Fsp3) is 0.318. The SMILES string of the molecule is O=C(C[C@@H]1SC(N2CCCCC2)=NC1=O)Nc1cccc(C(=O)Nc2ccncc2)c1. The fourth-order valence-electron chi connectivity index (χ4n) is 3.49. The normalized spacial score (nSPS) is 18.5. The van der Waals surface area contributed by atoms with E-state index < -0.39 is 5.25 Å². The summed E-state index contributed by atoms with van der Waals surface area (Å²) in [5, 5.41) is 5.79. The second kappa shape index (κ2) is 9.74. The molecule has 2 aromatic rings. The summed E-state index contributed by atoms with van der Waals surface area (Å²) in [4.78, 5) is 47.4. The van der Waals surface area contributed by atoms with Crippen LogP contribution in [0.15, 0.2) is 53.8 Å². The standard InChI is InChI=1S/C22H23N5O3S/c28-19(14-18-21(30)26-22(31-18)27-11-2-1-3-12-27)24-17-6-4-5-15(13-17)20(29)25-16-7-9-23-10-8-16/h4-10,13,18H,1-3,11-12,14H2,(H,24,28)(H,23,25,29)/t18-/m0/s1. The molecule has 8 nitrogen and oxygen atoms in total. The van der Waals surface area contributed by atoms with Crippen molar-refractivity contribution in [2.75, 3.05) is 23.7 Å².